The molecule has 2 rings (SSSR count). The molecule has 2 aromatic rings. The van der Waals surface area contributed by atoms with Gasteiger partial charge in [-0.15, -0.1) is 0 Å². The van der Waals surface area contributed by atoms with E-state index in [2.05, 4.69) is 24.6 Å². The first kappa shape index (κ1) is 10.9. The van der Waals surface area contributed by atoms with Gasteiger partial charge in [-0.25, -0.2) is 4.98 Å². The highest BCUT2D eigenvalue weighted by atomic mass is 32.1. The van der Waals surface area contributed by atoms with Gasteiger partial charge in [0.2, 0.25) is 11.0 Å². The molecule has 0 spiro atoms. The second-order valence-corrected chi connectivity index (χ2v) is 3.56. The Kier molecular flexibility index (Phi) is 2.77. The fourth-order valence-corrected chi connectivity index (χ4v) is 1.55. The summed E-state index contributed by atoms with van der Waals surface area (Å²) in [6.07, 6.45) is -1.32. The van der Waals surface area contributed by atoms with Gasteiger partial charge in [0.25, 0.3) is 0 Å². The van der Waals surface area contributed by atoms with Crippen molar-refractivity contribution in [3.05, 3.63) is 24.0 Å². The number of halogens is 3. The molecule has 0 radical (unpaired) electrons. The van der Waals surface area contributed by atoms with Gasteiger partial charge in [-0.3, -0.25) is 0 Å². The predicted molar refractivity (Wildman–Crippen MR) is 50.8 cm³/mol. The maximum atomic E-state index is 12.2. The molecular formula is C7H6F3N5S. The first-order valence-electron chi connectivity index (χ1n) is 4.19. The van der Waals surface area contributed by atoms with Crippen LogP contribution in [0.3, 0.4) is 0 Å². The Balaban J connectivity index is 1.98. The largest absolute Gasteiger partial charge is 0.452 e. The topological polar surface area (TPSA) is 66.5 Å². The average molecular weight is 249 g/mol. The summed E-state index contributed by atoms with van der Waals surface area (Å²) in [5, 5.41) is 2.81. The average Bonchev–Trinajstić information content (AvgIpc) is 2.85. The first-order chi connectivity index (χ1) is 7.55. The maximum Gasteiger partial charge on any atom is 0.452 e. The van der Waals surface area contributed by atoms with Crippen molar-refractivity contribution < 1.29 is 13.2 Å². The lowest BCUT2D eigenvalue weighted by molar-refractivity contribution is -0.144. The van der Waals surface area contributed by atoms with Crippen LogP contribution in [-0.4, -0.2) is 19.3 Å². The molecule has 0 aliphatic rings. The minimum atomic E-state index is -4.50. The molecule has 0 amide bonds. The van der Waals surface area contributed by atoms with Gasteiger partial charge in [0.05, 0.1) is 6.54 Å². The second-order valence-electron chi connectivity index (χ2n) is 2.81. The zero-order valence-electron chi connectivity index (χ0n) is 7.75. The lowest BCUT2D eigenvalue weighted by Crippen LogP contribution is -2.08. The van der Waals surface area contributed by atoms with Gasteiger partial charge in [-0.05, 0) is 0 Å². The zero-order valence-corrected chi connectivity index (χ0v) is 8.56. The number of nitrogens with one attached hydrogen (secondary N) is 2. The molecule has 9 heteroatoms. The molecule has 0 saturated heterocycles. The summed E-state index contributed by atoms with van der Waals surface area (Å²) in [6, 6.07) is 0. The Bertz CT molecular complexity index is 449. The third kappa shape index (κ3) is 2.48. The fourth-order valence-electron chi connectivity index (χ4n) is 0.964. The fraction of sp³-hybridized carbons (Fsp3) is 0.286. The van der Waals surface area contributed by atoms with Crippen molar-refractivity contribution >= 4 is 16.7 Å². The molecule has 2 heterocycles. The van der Waals surface area contributed by atoms with Gasteiger partial charge in [-0.1, -0.05) is 0 Å². The maximum absolute atomic E-state index is 12.2. The van der Waals surface area contributed by atoms with Crippen LogP contribution in [0.2, 0.25) is 0 Å². The number of hydrogen-bond acceptors (Lipinski definition) is 5. The smallest absolute Gasteiger partial charge is 0.353 e. The van der Waals surface area contributed by atoms with Crippen LogP contribution in [0.15, 0.2) is 12.4 Å². The lowest BCUT2D eigenvalue weighted by Gasteiger charge is -1.99. The number of aromatic amines is 1. The van der Waals surface area contributed by atoms with Gasteiger partial charge in [0, 0.05) is 23.9 Å². The lowest BCUT2D eigenvalue weighted by atomic mass is 10.6. The third-order valence-corrected chi connectivity index (χ3v) is 2.31. The second kappa shape index (κ2) is 4.08. The van der Waals surface area contributed by atoms with Gasteiger partial charge in [0.1, 0.15) is 5.82 Å². The van der Waals surface area contributed by atoms with Crippen LogP contribution in [0.25, 0.3) is 0 Å². The van der Waals surface area contributed by atoms with E-state index < -0.39 is 12.0 Å². The van der Waals surface area contributed by atoms with Crippen molar-refractivity contribution in [1.29, 1.82) is 0 Å². The number of H-pyrrole nitrogens is 1. The van der Waals surface area contributed by atoms with E-state index in [1.165, 1.54) is 0 Å². The van der Waals surface area contributed by atoms with Crippen LogP contribution < -0.4 is 5.32 Å². The van der Waals surface area contributed by atoms with Crippen molar-refractivity contribution in [2.75, 3.05) is 5.32 Å². The summed E-state index contributed by atoms with van der Waals surface area (Å²) in [5.74, 6) is -0.511. The number of hydrogen-bond donors (Lipinski definition) is 2. The Labute approximate surface area is 91.9 Å². The van der Waals surface area contributed by atoms with Gasteiger partial charge >= 0.3 is 6.18 Å². The molecule has 86 valence electrons. The predicted octanol–water partition coefficient (Wildman–Crippen LogP) is 1.89. The molecule has 0 saturated carbocycles. The van der Waals surface area contributed by atoms with E-state index in [-0.39, 0.29) is 11.7 Å². The van der Waals surface area contributed by atoms with Gasteiger partial charge in [-0.2, -0.15) is 22.5 Å². The Morgan fingerprint density at radius 2 is 2.25 bits per heavy atom. The summed E-state index contributed by atoms with van der Waals surface area (Å²) in [6.45, 7) is 0.277. The number of rotatable bonds is 3. The van der Waals surface area contributed by atoms with Gasteiger partial charge < -0.3 is 10.3 Å². The summed E-state index contributed by atoms with van der Waals surface area (Å²) in [5.41, 5.74) is 0. The number of aromatic nitrogens is 4. The van der Waals surface area contributed by atoms with E-state index in [4.69, 9.17) is 0 Å². The van der Waals surface area contributed by atoms with E-state index in [1.54, 1.807) is 12.4 Å². The Morgan fingerprint density at radius 3 is 2.81 bits per heavy atom. The van der Waals surface area contributed by atoms with Crippen LogP contribution >= 0.6 is 11.5 Å². The van der Waals surface area contributed by atoms with E-state index in [9.17, 15) is 13.2 Å². The normalized spacial score (nSPS) is 11.7. The number of imidazole rings is 1. The molecule has 0 fully saturated rings. The SMILES string of the molecule is FC(F)(F)c1nsc(NCc2ncc[nH]2)n1. The highest BCUT2D eigenvalue weighted by Gasteiger charge is 2.36. The van der Waals surface area contributed by atoms with Crippen molar-refractivity contribution in [1.82, 2.24) is 19.3 Å². The zero-order chi connectivity index (χ0) is 11.6. The number of nitrogens with zero attached hydrogens (tertiary/aromatic N) is 3. The monoisotopic (exact) mass is 249 g/mol. The van der Waals surface area contributed by atoms with Gasteiger partial charge in [0.15, 0.2) is 0 Å². The molecular weight excluding hydrogens is 243 g/mol. The standard InChI is InChI=1S/C7H6F3N5S/c8-7(9,10)5-14-6(16-15-5)13-3-4-11-1-2-12-4/h1-2H,3H2,(H,11,12)(H,13,14,15). The Morgan fingerprint density at radius 1 is 1.44 bits per heavy atom. The molecule has 0 aliphatic carbocycles. The molecule has 5 nitrogen and oxygen atoms in total. The van der Waals surface area contributed by atoms with E-state index >= 15 is 0 Å². The molecule has 0 aromatic carbocycles. The van der Waals surface area contributed by atoms with Crippen molar-refractivity contribution in [3.8, 4) is 0 Å². The van der Waals surface area contributed by atoms with Crippen LogP contribution in [0, 0.1) is 0 Å². The molecule has 0 aliphatic heterocycles. The minimum Gasteiger partial charge on any atom is -0.353 e. The minimum absolute atomic E-state index is 0.115. The summed E-state index contributed by atoms with van der Waals surface area (Å²) in [7, 11) is 0. The molecule has 16 heavy (non-hydrogen) atoms. The van der Waals surface area contributed by atoms with Crippen molar-refractivity contribution in [2.45, 2.75) is 12.7 Å². The molecule has 2 N–H and O–H groups in total. The number of alkyl halides is 3. The Hall–Kier alpha value is -1.64. The first-order valence-corrected chi connectivity index (χ1v) is 4.96. The highest BCUT2D eigenvalue weighted by Crippen LogP contribution is 2.28. The van der Waals surface area contributed by atoms with E-state index in [0.717, 1.165) is 0 Å². The van der Waals surface area contributed by atoms with Crippen LogP contribution in [0.5, 0.6) is 0 Å². The van der Waals surface area contributed by atoms with Crippen LogP contribution in [0.4, 0.5) is 18.3 Å². The van der Waals surface area contributed by atoms with E-state index in [0.29, 0.717) is 17.4 Å². The summed E-state index contributed by atoms with van der Waals surface area (Å²) >= 11 is 0.664. The summed E-state index contributed by atoms with van der Waals surface area (Å²) < 4.78 is 39.7. The quantitative estimate of drug-likeness (QED) is 0.871. The van der Waals surface area contributed by atoms with Crippen LogP contribution in [-0.2, 0) is 12.7 Å². The molecule has 0 atom stereocenters. The summed E-state index contributed by atoms with van der Waals surface area (Å²) in [4.78, 5) is 10.0. The van der Waals surface area contributed by atoms with E-state index in [1.807, 2.05) is 0 Å². The molecule has 0 bridgehead atoms. The number of anilines is 1. The third-order valence-electron chi connectivity index (χ3n) is 1.64. The highest BCUT2D eigenvalue weighted by molar-refractivity contribution is 7.09. The van der Waals surface area contributed by atoms with Crippen molar-refractivity contribution in [2.24, 2.45) is 0 Å². The molecule has 2 aromatic heterocycles. The van der Waals surface area contributed by atoms with Crippen LogP contribution in [0.1, 0.15) is 11.6 Å². The molecule has 0 unspecified atom stereocenters. The van der Waals surface area contributed by atoms with Crippen molar-refractivity contribution in [3.63, 3.8) is 0 Å².